The van der Waals surface area contributed by atoms with Crippen molar-refractivity contribution in [1.82, 2.24) is 10.2 Å². The van der Waals surface area contributed by atoms with Crippen LogP contribution in [0.3, 0.4) is 0 Å². The number of thioether (sulfide) groups is 1. The highest BCUT2D eigenvalue weighted by Crippen LogP contribution is 2.41. The van der Waals surface area contributed by atoms with E-state index in [1.165, 1.54) is 24.2 Å². The van der Waals surface area contributed by atoms with Crippen molar-refractivity contribution in [2.45, 2.75) is 50.4 Å². The molecule has 1 aromatic carbocycles. The Bertz CT molecular complexity index is 671. The molecule has 1 aliphatic heterocycles. The van der Waals surface area contributed by atoms with E-state index in [-0.39, 0.29) is 23.2 Å². The van der Waals surface area contributed by atoms with E-state index < -0.39 is 0 Å². The number of nitrogens with zero attached hydrogens (tertiary/aromatic N) is 1. The third kappa shape index (κ3) is 5.09. The van der Waals surface area contributed by atoms with Crippen molar-refractivity contribution < 1.29 is 14.5 Å². The molecule has 6 heteroatoms. The average Bonchev–Trinajstić information content (AvgIpc) is 3.13. The van der Waals surface area contributed by atoms with E-state index in [4.69, 9.17) is 0 Å². The molecule has 154 valence electrons. The molecule has 2 N–H and O–H groups in total. The zero-order valence-electron chi connectivity index (χ0n) is 17.4. The van der Waals surface area contributed by atoms with Crippen LogP contribution in [0.5, 0.6) is 0 Å². The Labute approximate surface area is 173 Å². The summed E-state index contributed by atoms with van der Waals surface area (Å²) in [6.07, 6.45) is 6.07. The fourth-order valence-electron chi connectivity index (χ4n) is 4.17. The number of hydrogen-bond acceptors (Lipinski definition) is 3. The van der Waals surface area contributed by atoms with Crippen LogP contribution < -0.4 is 10.2 Å². The molecule has 0 unspecified atom stereocenters. The lowest BCUT2D eigenvalue weighted by Gasteiger charge is -2.35. The summed E-state index contributed by atoms with van der Waals surface area (Å²) >= 11 is 1.80. The predicted octanol–water partition coefficient (Wildman–Crippen LogP) is 1.72. The van der Waals surface area contributed by atoms with Crippen LogP contribution in [0.1, 0.15) is 48.0 Å². The first-order valence-corrected chi connectivity index (χ1v) is 11.6. The SMILES string of the molecule is Cc1ccc(C(=O)N2[C@H](C(=O)NCC[NH+](C)C)CS[C@H]2C2CCCCC2)cc1. The van der Waals surface area contributed by atoms with Crippen molar-refractivity contribution in [1.29, 1.82) is 0 Å². The molecule has 1 saturated heterocycles. The molecule has 2 fully saturated rings. The number of aryl methyl sites for hydroxylation is 1. The Morgan fingerprint density at radius 1 is 1.14 bits per heavy atom. The second-order valence-electron chi connectivity index (χ2n) is 8.46. The summed E-state index contributed by atoms with van der Waals surface area (Å²) in [4.78, 5) is 29.6. The molecule has 0 radical (unpaired) electrons. The molecule has 1 heterocycles. The number of amides is 2. The van der Waals surface area contributed by atoms with Gasteiger partial charge in [-0.3, -0.25) is 9.59 Å². The standard InChI is InChI=1S/C22H33N3O2S/c1-16-9-11-17(12-10-16)21(27)25-19(20(26)23-13-14-24(2)3)15-28-22(25)18-7-5-4-6-8-18/h9-12,18-19,22H,4-8,13-15H2,1-3H3,(H,23,26)/p+1/t19-,22-/m0/s1. The molecule has 5 nitrogen and oxygen atoms in total. The van der Waals surface area contributed by atoms with Crippen LogP contribution in [0.4, 0.5) is 0 Å². The van der Waals surface area contributed by atoms with E-state index in [1.54, 1.807) is 11.8 Å². The van der Waals surface area contributed by atoms with Gasteiger partial charge in [0.05, 0.1) is 32.6 Å². The van der Waals surface area contributed by atoms with Crippen LogP contribution in [0.15, 0.2) is 24.3 Å². The van der Waals surface area contributed by atoms with Crippen molar-refractivity contribution in [3.05, 3.63) is 35.4 Å². The second-order valence-corrected chi connectivity index (χ2v) is 9.61. The molecule has 28 heavy (non-hydrogen) atoms. The number of hydrogen-bond donors (Lipinski definition) is 2. The maximum atomic E-state index is 13.4. The van der Waals surface area contributed by atoms with Crippen LogP contribution >= 0.6 is 11.8 Å². The van der Waals surface area contributed by atoms with Gasteiger partial charge in [-0.2, -0.15) is 0 Å². The second kappa shape index (κ2) is 9.79. The van der Waals surface area contributed by atoms with E-state index in [1.807, 2.05) is 36.1 Å². The summed E-state index contributed by atoms with van der Waals surface area (Å²) in [5, 5.41) is 3.17. The summed E-state index contributed by atoms with van der Waals surface area (Å²) in [7, 11) is 4.15. The highest BCUT2D eigenvalue weighted by Gasteiger charge is 2.45. The van der Waals surface area contributed by atoms with Crippen LogP contribution in [-0.2, 0) is 4.79 Å². The van der Waals surface area contributed by atoms with Crippen molar-refractivity contribution in [2.75, 3.05) is 32.9 Å². The van der Waals surface area contributed by atoms with Gasteiger partial charge >= 0.3 is 0 Å². The minimum absolute atomic E-state index is 0.000965. The van der Waals surface area contributed by atoms with Crippen molar-refractivity contribution in [2.24, 2.45) is 5.92 Å². The van der Waals surface area contributed by atoms with Gasteiger partial charge in [-0.1, -0.05) is 37.0 Å². The third-order valence-corrected chi connectivity index (χ3v) is 7.31. The first-order valence-electron chi connectivity index (χ1n) is 10.5. The minimum atomic E-state index is -0.372. The molecule has 2 atom stereocenters. The lowest BCUT2D eigenvalue weighted by Crippen LogP contribution is -3.06. The first-order chi connectivity index (χ1) is 13.5. The zero-order chi connectivity index (χ0) is 20.1. The van der Waals surface area contributed by atoms with Gasteiger partial charge in [-0.15, -0.1) is 11.8 Å². The molecular weight excluding hydrogens is 370 g/mol. The quantitative estimate of drug-likeness (QED) is 0.759. The maximum absolute atomic E-state index is 13.4. The highest BCUT2D eigenvalue weighted by molar-refractivity contribution is 8.00. The smallest absolute Gasteiger partial charge is 0.255 e. The Hall–Kier alpha value is -1.53. The molecule has 1 aliphatic carbocycles. The number of carbonyl (C=O) groups excluding carboxylic acids is 2. The summed E-state index contributed by atoms with van der Waals surface area (Å²) in [6.45, 7) is 3.54. The topological polar surface area (TPSA) is 53.9 Å². The van der Waals surface area contributed by atoms with Gasteiger partial charge in [0, 0.05) is 11.3 Å². The van der Waals surface area contributed by atoms with E-state index in [2.05, 4.69) is 19.4 Å². The molecule has 3 rings (SSSR count). The number of benzene rings is 1. The Morgan fingerprint density at radius 2 is 1.82 bits per heavy atom. The van der Waals surface area contributed by atoms with Gasteiger partial charge in [-0.05, 0) is 37.8 Å². The van der Waals surface area contributed by atoms with Crippen LogP contribution in [0, 0.1) is 12.8 Å². The molecule has 2 amide bonds. The van der Waals surface area contributed by atoms with E-state index in [0.717, 1.165) is 24.9 Å². The lowest BCUT2D eigenvalue weighted by atomic mass is 9.88. The van der Waals surface area contributed by atoms with E-state index in [9.17, 15) is 9.59 Å². The number of carbonyl (C=O) groups is 2. The van der Waals surface area contributed by atoms with Crippen LogP contribution in [-0.4, -0.2) is 61.1 Å². The predicted molar refractivity (Wildman–Crippen MR) is 115 cm³/mol. The summed E-state index contributed by atoms with van der Waals surface area (Å²) < 4.78 is 0. The van der Waals surface area contributed by atoms with Crippen LogP contribution in [0.2, 0.25) is 0 Å². The summed E-state index contributed by atoms with van der Waals surface area (Å²) in [5.41, 5.74) is 1.82. The van der Waals surface area contributed by atoms with Gasteiger partial charge in [-0.25, -0.2) is 0 Å². The highest BCUT2D eigenvalue weighted by atomic mass is 32.2. The summed E-state index contributed by atoms with van der Waals surface area (Å²) in [5.74, 6) is 1.18. The summed E-state index contributed by atoms with van der Waals surface area (Å²) in [6, 6.07) is 7.36. The lowest BCUT2D eigenvalue weighted by molar-refractivity contribution is -0.856. The molecule has 0 bridgehead atoms. The average molecular weight is 405 g/mol. The maximum Gasteiger partial charge on any atom is 0.255 e. The van der Waals surface area contributed by atoms with Gasteiger partial charge in [0.2, 0.25) is 5.91 Å². The van der Waals surface area contributed by atoms with E-state index >= 15 is 0 Å². The van der Waals surface area contributed by atoms with Gasteiger partial charge in [0.1, 0.15) is 6.04 Å². The third-order valence-electron chi connectivity index (χ3n) is 5.85. The van der Waals surface area contributed by atoms with E-state index in [0.29, 0.717) is 23.8 Å². The molecule has 1 saturated carbocycles. The molecule has 0 aromatic heterocycles. The van der Waals surface area contributed by atoms with Crippen molar-refractivity contribution >= 4 is 23.6 Å². The number of quaternary nitrogens is 1. The zero-order valence-corrected chi connectivity index (χ0v) is 18.2. The Morgan fingerprint density at radius 3 is 2.46 bits per heavy atom. The normalized spacial score (nSPS) is 23.2. The minimum Gasteiger partial charge on any atom is -0.349 e. The monoisotopic (exact) mass is 404 g/mol. The molecule has 1 aromatic rings. The van der Waals surface area contributed by atoms with Gasteiger partial charge in [0.15, 0.2) is 0 Å². The Balaban J connectivity index is 1.78. The first kappa shape index (κ1) is 21.2. The van der Waals surface area contributed by atoms with Crippen LogP contribution in [0.25, 0.3) is 0 Å². The van der Waals surface area contributed by atoms with Gasteiger partial charge in [0.25, 0.3) is 5.91 Å². The molecule has 0 spiro atoms. The fourth-order valence-corrected chi connectivity index (χ4v) is 5.81. The molecular formula is C22H34N3O2S+. The van der Waals surface area contributed by atoms with Crippen molar-refractivity contribution in [3.8, 4) is 0 Å². The Kier molecular flexibility index (Phi) is 7.41. The number of rotatable bonds is 6. The number of nitrogens with one attached hydrogen (secondary N) is 2. The molecule has 2 aliphatic rings. The van der Waals surface area contributed by atoms with Gasteiger partial charge < -0.3 is 15.1 Å². The van der Waals surface area contributed by atoms with Crippen molar-refractivity contribution in [3.63, 3.8) is 0 Å². The largest absolute Gasteiger partial charge is 0.349 e. The number of likely N-dealkylation sites (N-methyl/N-ethyl adjacent to an activating group) is 1. The fraction of sp³-hybridized carbons (Fsp3) is 0.636.